The molecule has 2 unspecified atom stereocenters. The monoisotopic (exact) mass is 571 g/mol. The van der Waals surface area contributed by atoms with E-state index in [-0.39, 0.29) is 0 Å². The molecule has 1 aliphatic carbocycles. The maximum Gasteiger partial charge on any atom is 0.330 e. The first-order valence-electron chi connectivity index (χ1n) is 15.2. The number of hydrogen-bond acceptors (Lipinski definition) is 4. The summed E-state index contributed by atoms with van der Waals surface area (Å²) in [6.45, 7) is 9.78. The number of aromatic nitrogens is 1. The van der Waals surface area contributed by atoms with Crippen molar-refractivity contribution in [3.8, 4) is 0 Å². The standard InChI is InChI=1S/C35H44N2O3P/c1-4-39-41(38,40-5-2)25-11-23-36-24-21-30(33-15-8-9-16-35(33)36)19-17-29-18-20-34-31(26-29)14-10-22-37(34)27-32-13-7-6-12-28(32)3/h6-9,12-13,15-21,24,26,28,32H,4-5,10-11,14,22-23,25,27H2,1-3H3/q+1. The maximum absolute atomic E-state index is 12.9. The average Bonchev–Trinajstić information content (AvgIpc) is 2.98. The van der Waals surface area contributed by atoms with Gasteiger partial charge in [0.15, 0.2) is 6.20 Å². The lowest BCUT2D eigenvalue weighted by Gasteiger charge is -2.35. The van der Waals surface area contributed by atoms with Gasteiger partial charge in [-0.25, -0.2) is 0 Å². The molecule has 41 heavy (non-hydrogen) atoms. The first kappa shape index (κ1) is 29.5. The van der Waals surface area contributed by atoms with Crippen LogP contribution in [0.5, 0.6) is 0 Å². The fourth-order valence-electron chi connectivity index (χ4n) is 6.06. The summed E-state index contributed by atoms with van der Waals surface area (Å²) in [6, 6.07) is 17.6. The van der Waals surface area contributed by atoms with Crippen molar-refractivity contribution in [1.82, 2.24) is 0 Å². The minimum absolute atomic E-state index is 0.395. The number of pyridine rings is 1. The van der Waals surface area contributed by atoms with Crippen molar-refractivity contribution < 1.29 is 18.2 Å². The molecule has 0 saturated heterocycles. The van der Waals surface area contributed by atoms with Crippen LogP contribution in [0, 0.1) is 11.8 Å². The first-order valence-corrected chi connectivity index (χ1v) is 16.9. The van der Waals surface area contributed by atoms with Gasteiger partial charge in [-0.1, -0.05) is 61.6 Å². The zero-order valence-electron chi connectivity index (χ0n) is 24.7. The van der Waals surface area contributed by atoms with Gasteiger partial charge in [0.05, 0.1) is 24.8 Å². The van der Waals surface area contributed by atoms with Crippen molar-refractivity contribution in [2.75, 3.05) is 37.4 Å². The number of nitrogens with zero attached hydrogens (tertiary/aromatic N) is 2. The molecule has 0 spiro atoms. The summed E-state index contributed by atoms with van der Waals surface area (Å²) >= 11 is 0. The fourth-order valence-corrected chi connectivity index (χ4v) is 7.71. The summed E-state index contributed by atoms with van der Waals surface area (Å²) in [5, 5.41) is 1.21. The van der Waals surface area contributed by atoms with E-state index >= 15 is 0 Å². The Kier molecular flexibility index (Phi) is 9.92. The molecule has 0 saturated carbocycles. The van der Waals surface area contributed by atoms with E-state index in [1.54, 1.807) is 0 Å². The van der Waals surface area contributed by atoms with Crippen LogP contribution >= 0.6 is 7.60 Å². The lowest BCUT2D eigenvalue weighted by atomic mass is 9.88. The minimum Gasteiger partial charge on any atom is -0.371 e. The second kappa shape index (κ2) is 13.8. The second-order valence-corrected chi connectivity index (χ2v) is 13.3. The third-order valence-corrected chi connectivity index (χ3v) is 10.4. The quantitative estimate of drug-likeness (QED) is 0.163. The Hall–Kier alpha value is -2.98. The highest BCUT2D eigenvalue weighted by Gasteiger charge is 2.25. The third kappa shape index (κ3) is 7.27. The van der Waals surface area contributed by atoms with Crippen molar-refractivity contribution in [3.63, 3.8) is 0 Å². The van der Waals surface area contributed by atoms with E-state index in [0.29, 0.717) is 31.2 Å². The van der Waals surface area contributed by atoms with Crippen LogP contribution in [0.2, 0.25) is 0 Å². The Morgan fingerprint density at radius 1 is 1.02 bits per heavy atom. The van der Waals surface area contributed by atoms with Gasteiger partial charge in [-0.15, -0.1) is 0 Å². The summed E-state index contributed by atoms with van der Waals surface area (Å²) in [4.78, 5) is 2.59. The molecule has 2 aliphatic rings. The third-order valence-electron chi connectivity index (χ3n) is 8.21. The largest absolute Gasteiger partial charge is 0.371 e. The molecule has 0 radical (unpaired) electrons. The Morgan fingerprint density at radius 2 is 1.83 bits per heavy atom. The molecule has 5 nitrogen and oxygen atoms in total. The highest BCUT2D eigenvalue weighted by molar-refractivity contribution is 7.53. The molecule has 0 N–H and O–H groups in total. The molecule has 1 aromatic heterocycles. The van der Waals surface area contributed by atoms with Gasteiger partial charge in [0.1, 0.15) is 6.54 Å². The van der Waals surface area contributed by atoms with Crippen LogP contribution in [0.25, 0.3) is 23.1 Å². The maximum atomic E-state index is 12.9. The molecule has 2 heterocycles. The SMILES string of the molecule is CCOP(=O)(CCC[n+]1ccc(C=Cc2ccc3c(c2)CCCN3CC2C=CC=CC2C)c2ccccc21)OCC. The van der Waals surface area contributed by atoms with Crippen LogP contribution in [-0.4, -0.2) is 32.5 Å². The molecule has 0 amide bonds. The topological polar surface area (TPSA) is 42.7 Å². The van der Waals surface area contributed by atoms with E-state index in [1.165, 1.54) is 39.7 Å². The summed E-state index contributed by atoms with van der Waals surface area (Å²) in [6.07, 6.45) is 19.1. The number of hydrogen-bond donors (Lipinski definition) is 0. The molecule has 2 atom stereocenters. The number of benzene rings is 2. The molecule has 1 aliphatic heterocycles. The van der Waals surface area contributed by atoms with Gasteiger partial charge >= 0.3 is 7.60 Å². The molecule has 5 rings (SSSR count). The molecule has 6 heteroatoms. The average molecular weight is 572 g/mol. The molecule has 3 aromatic rings. The summed E-state index contributed by atoms with van der Waals surface area (Å²) in [5.74, 6) is 1.15. The summed E-state index contributed by atoms with van der Waals surface area (Å²) in [7, 11) is -3.03. The van der Waals surface area contributed by atoms with Crippen molar-refractivity contribution in [2.45, 2.75) is 46.6 Å². The lowest BCUT2D eigenvalue weighted by molar-refractivity contribution is -0.671. The minimum atomic E-state index is -3.03. The predicted octanol–water partition coefficient (Wildman–Crippen LogP) is 8.08. The van der Waals surface area contributed by atoms with Crippen LogP contribution in [0.1, 0.15) is 50.3 Å². The smallest absolute Gasteiger partial charge is 0.330 e. The summed E-state index contributed by atoms with van der Waals surface area (Å²) in [5.41, 5.74) is 6.44. The number of aryl methyl sites for hydroxylation is 2. The second-order valence-electron chi connectivity index (χ2n) is 11.1. The van der Waals surface area contributed by atoms with Gasteiger partial charge in [-0.3, -0.25) is 4.57 Å². The molecule has 0 bridgehead atoms. The molecule has 216 valence electrons. The zero-order chi connectivity index (χ0) is 28.7. The van der Waals surface area contributed by atoms with E-state index in [0.717, 1.165) is 32.5 Å². The van der Waals surface area contributed by atoms with E-state index in [9.17, 15) is 4.57 Å². The van der Waals surface area contributed by atoms with Gasteiger partial charge < -0.3 is 13.9 Å². The predicted molar refractivity (Wildman–Crippen MR) is 171 cm³/mol. The fraction of sp³-hybridized carbons (Fsp3) is 0.400. The van der Waals surface area contributed by atoms with Gasteiger partial charge in [-0.2, -0.15) is 4.57 Å². The highest BCUT2D eigenvalue weighted by atomic mass is 31.2. The number of allylic oxidation sites excluding steroid dienone is 3. The van der Waals surface area contributed by atoms with E-state index in [1.807, 2.05) is 13.8 Å². The Balaban J connectivity index is 1.30. The van der Waals surface area contributed by atoms with E-state index in [2.05, 4.69) is 108 Å². The molecular formula is C35H44N2O3P+. The number of rotatable bonds is 12. The Morgan fingerprint density at radius 3 is 2.63 bits per heavy atom. The van der Waals surface area contributed by atoms with Crippen molar-refractivity contribution in [3.05, 3.63) is 95.7 Å². The van der Waals surface area contributed by atoms with Crippen LogP contribution in [0.15, 0.2) is 79.0 Å². The van der Waals surface area contributed by atoms with Crippen molar-refractivity contribution in [1.29, 1.82) is 0 Å². The van der Waals surface area contributed by atoms with Crippen molar-refractivity contribution >= 4 is 36.3 Å². The highest BCUT2D eigenvalue weighted by Crippen LogP contribution is 2.48. The molecule has 0 fully saturated rings. The number of anilines is 1. The van der Waals surface area contributed by atoms with Crippen LogP contribution in [-0.2, 0) is 26.6 Å². The molecular weight excluding hydrogens is 527 g/mol. The lowest BCUT2D eigenvalue weighted by Crippen LogP contribution is -2.35. The number of fused-ring (bicyclic) bond motifs is 2. The van der Waals surface area contributed by atoms with Crippen LogP contribution < -0.4 is 9.47 Å². The van der Waals surface area contributed by atoms with Crippen molar-refractivity contribution in [2.24, 2.45) is 11.8 Å². The Labute approximate surface area is 245 Å². The molecule has 2 aromatic carbocycles. The van der Waals surface area contributed by atoms with Gasteiger partial charge in [-0.05, 0) is 67.5 Å². The normalized spacial score (nSPS) is 18.9. The van der Waals surface area contributed by atoms with E-state index < -0.39 is 7.60 Å². The van der Waals surface area contributed by atoms with Gasteiger partial charge in [0.25, 0.3) is 0 Å². The van der Waals surface area contributed by atoms with Gasteiger partial charge in [0, 0.05) is 43.2 Å². The summed E-state index contributed by atoms with van der Waals surface area (Å²) < 4.78 is 26.1. The van der Waals surface area contributed by atoms with Crippen LogP contribution in [0.3, 0.4) is 0 Å². The van der Waals surface area contributed by atoms with Gasteiger partial charge in [0.2, 0.25) is 5.52 Å². The van der Waals surface area contributed by atoms with Crippen LogP contribution in [0.4, 0.5) is 5.69 Å². The zero-order valence-corrected chi connectivity index (χ0v) is 25.6. The first-order chi connectivity index (χ1) is 20.0. The Bertz CT molecular complexity index is 1470. The number of para-hydroxylation sites is 1. The van der Waals surface area contributed by atoms with E-state index in [4.69, 9.17) is 9.05 Å².